The Kier molecular flexibility index (Phi) is 15.3. The largest absolute Gasteiger partial charge is 0.490 e. The number of hydrogen-bond donors (Lipinski definition) is 4. The van der Waals surface area contributed by atoms with Gasteiger partial charge in [0, 0.05) is 13.7 Å². The highest BCUT2D eigenvalue weighted by Gasteiger charge is 2.34. The van der Waals surface area contributed by atoms with E-state index in [1.807, 2.05) is 65.0 Å². The summed E-state index contributed by atoms with van der Waals surface area (Å²) in [5.74, 6) is -1.34. The smallest absolute Gasteiger partial charge is 0.258 e. The highest BCUT2D eigenvalue weighted by molar-refractivity contribution is 5.92. The fourth-order valence-electron chi connectivity index (χ4n) is 5.18. The lowest BCUT2D eigenvalue weighted by Gasteiger charge is -2.36. The van der Waals surface area contributed by atoms with E-state index in [-0.39, 0.29) is 35.6 Å². The van der Waals surface area contributed by atoms with Crippen molar-refractivity contribution >= 4 is 23.6 Å². The second kappa shape index (κ2) is 18.3. The van der Waals surface area contributed by atoms with E-state index in [4.69, 9.17) is 9.47 Å². The zero-order valence-corrected chi connectivity index (χ0v) is 28.1. The van der Waals surface area contributed by atoms with Gasteiger partial charge in [-0.3, -0.25) is 24.2 Å². The highest BCUT2D eigenvalue weighted by Crippen LogP contribution is 2.26. The Balaban J connectivity index is 2.04. The minimum absolute atomic E-state index is 0.0982. The monoisotopic (exact) mass is 627 g/mol. The molecular formula is C34H53N5O6. The summed E-state index contributed by atoms with van der Waals surface area (Å²) in [5.41, 5.74) is 3.98. The molecule has 11 heteroatoms. The SMILES string of the molecule is C=CCOc1cccc(C(NC(=O)C2CCCN(C(=O)C(C)NC(=O)C(NC(=O)C(C)C(C=CC)OC)C(C)C)N2)C(C)C)c1. The van der Waals surface area contributed by atoms with Crippen molar-refractivity contribution in [2.75, 3.05) is 20.3 Å². The molecule has 6 unspecified atom stereocenters. The van der Waals surface area contributed by atoms with Crippen LogP contribution in [0, 0.1) is 17.8 Å². The van der Waals surface area contributed by atoms with Crippen LogP contribution in [0.5, 0.6) is 5.75 Å². The molecule has 0 aliphatic carbocycles. The van der Waals surface area contributed by atoms with Gasteiger partial charge in [0.25, 0.3) is 5.91 Å². The van der Waals surface area contributed by atoms with Crippen LogP contribution in [-0.4, -0.2) is 73.1 Å². The summed E-state index contributed by atoms with van der Waals surface area (Å²) in [6, 6.07) is 4.98. The van der Waals surface area contributed by atoms with Crippen LogP contribution in [0.1, 0.15) is 72.9 Å². The van der Waals surface area contributed by atoms with Crippen LogP contribution >= 0.6 is 0 Å². The minimum Gasteiger partial charge on any atom is -0.490 e. The van der Waals surface area contributed by atoms with Crippen LogP contribution in [-0.2, 0) is 23.9 Å². The van der Waals surface area contributed by atoms with Crippen LogP contribution < -0.4 is 26.1 Å². The van der Waals surface area contributed by atoms with E-state index in [0.29, 0.717) is 31.7 Å². The van der Waals surface area contributed by atoms with E-state index < -0.39 is 36.1 Å². The predicted octanol–water partition coefficient (Wildman–Crippen LogP) is 3.43. The Labute approximate surface area is 268 Å². The summed E-state index contributed by atoms with van der Waals surface area (Å²) in [4.78, 5) is 53.0. The standard InChI is InChI=1S/C34H53N5O6/c1-10-14-28(44-9)23(7)31(40)37-30(22(5)6)33(42)35-24(8)34(43)39-18-13-17-27(38-39)32(41)36-29(21(3)4)25-15-12-16-26(20-25)45-19-11-2/h10-12,14-16,20-24,27-30,38H,2,13,17-19H2,1,3-9H3,(H,35,42)(H,36,41)(H,37,40). The summed E-state index contributed by atoms with van der Waals surface area (Å²) < 4.78 is 11.1. The maximum Gasteiger partial charge on any atom is 0.258 e. The fourth-order valence-corrected chi connectivity index (χ4v) is 5.18. The van der Waals surface area contributed by atoms with Gasteiger partial charge in [-0.25, -0.2) is 5.43 Å². The number of nitrogens with one attached hydrogen (secondary N) is 4. The highest BCUT2D eigenvalue weighted by atomic mass is 16.5. The summed E-state index contributed by atoms with van der Waals surface area (Å²) in [6.07, 6.45) is 6.01. The van der Waals surface area contributed by atoms with Crippen molar-refractivity contribution in [1.82, 2.24) is 26.4 Å². The zero-order valence-electron chi connectivity index (χ0n) is 28.1. The van der Waals surface area contributed by atoms with Crippen molar-refractivity contribution in [2.45, 2.75) is 91.6 Å². The summed E-state index contributed by atoms with van der Waals surface area (Å²) in [7, 11) is 1.53. The van der Waals surface area contributed by atoms with E-state index in [9.17, 15) is 19.2 Å². The molecule has 6 atom stereocenters. The molecule has 1 fully saturated rings. The Morgan fingerprint density at radius 3 is 2.36 bits per heavy atom. The summed E-state index contributed by atoms with van der Waals surface area (Å²) >= 11 is 0. The molecule has 1 heterocycles. The average molecular weight is 628 g/mol. The molecule has 1 aliphatic rings. The number of carbonyl (C=O) groups is 4. The van der Waals surface area contributed by atoms with Crippen molar-refractivity contribution in [3.05, 3.63) is 54.6 Å². The molecule has 2 rings (SSSR count). The van der Waals surface area contributed by atoms with Gasteiger partial charge in [-0.1, -0.05) is 71.6 Å². The molecule has 4 N–H and O–H groups in total. The molecule has 0 aromatic heterocycles. The molecule has 45 heavy (non-hydrogen) atoms. The molecule has 0 spiro atoms. The van der Waals surface area contributed by atoms with Gasteiger partial charge in [-0.05, 0) is 56.2 Å². The Morgan fingerprint density at radius 1 is 1.04 bits per heavy atom. The first kappa shape index (κ1) is 37.5. The average Bonchev–Trinajstić information content (AvgIpc) is 3.02. The molecule has 1 aromatic rings. The van der Waals surface area contributed by atoms with Crippen molar-refractivity contribution in [1.29, 1.82) is 0 Å². The van der Waals surface area contributed by atoms with Gasteiger partial charge in [0.1, 0.15) is 30.5 Å². The van der Waals surface area contributed by atoms with E-state index in [2.05, 4.69) is 28.0 Å². The van der Waals surface area contributed by atoms with Crippen molar-refractivity contribution in [3.63, 3.8) is 0 Å². The van der Waals surface area contributed by atoms with Crippen molar-refractivity contribution in [3.8, 4) is 5.75 Å². The van der Waals surface area contributed by atoms with Gasteiger partial charge in [0.2, 0.25) is 17.7 Å². The number of hydrazine groups is 1. The van der Waals surface area contributed by atoms with Gasteiger partial charge in [0.15, 0.2) is 0 Å². The van der Waals surface area contributed by atoms with Gasteiger partial charge in [0.05, 0.1) is 18.1 Å². The number of nitrogens with zero attached hydrogens (tertiary/aromatic N) is 1. The van der Waals surface area contributed by atoms with Crippen molar-refractivity contribution < 1.29 is 28.7 Å². The first-order valence-electron chi connectivity index (χ1n) is 15.8. The second-order valence-corrected chi connectivity index (χ2v) is 12.2. The van der Waals surface area contributed by atoms with Crippen LogP contribution in [0.2, 0.25) is 0 Å². The molecular weight excluding hydrogens is 574 g/mol. The van der Waals surface area contributed by atoms with E-state index in [1.165, 1.54) is 12.1 Å². The number of ether oxygens (including phenoxy) is 2. The van der Waals surface area contributed by atoms with Crippen LogP contribution in [0.3, 0.4) is 0 Å². The quantitative estimate of drug-likeness (QED) is 0.206. The Morgan fingerprint density at radius 2 is 1.76 bits per heavy atom. The van der Waals surface area contributed by atoms with E-state index >= 15 is 0 Å². The first-order valence-corrected chi connectivity index (χ1v) is 15.8. The molecule has 250 valence electrons. The summed E-state index contributed by atoms with van der Waals surface area (Å²) in [5, 5.41) is 10.1. The zero-order chi connectivity index (χ0) is 33.7. The third kappa shape index (κ3) is 11.0. The Hall–Kier alpha value is -3.70. The molecule has 11 nitrogen and oxygen atoms in total. The second-order valence-electron chi connectivity index (χ2n) is 12.2. The van der Waals surface area contributed by atoms with Gasteiger partial charge >= 0.3 is 0 Å². The van der Waals surface area contributed by atoms with Crippen molar-refractivity contribution in [2.24, 2.45) is 17.8 Å². The number of benzene rings is 1. The lowest BCUT2D eigenvalue weighted by molar-refractivity contribution is -0.143. The van der Waals surface area contributed by atoms with Gasteiger partial charge < -0.3 is 25.4 Å². The third-order valence-electron chi connectivity index (χ3n) is 7.85. The Bertz CT molecular complexity index is 1190. The van der Waals surface area contributed by atoms with Crippen LogP contribution in [0.25, 0.3) is 0 Å². The molecule has 4 amide bonds. The van der Waals surface area contributed by atoms with E-state index in [1.54, 1.807) is 26.0 Å². The number of allylic oxidation sites excluding steroid dienone is 1. The number of amides is 4. The number of methoxy groups -OCH3 is 1. The molecule has 0 saturated carbocycles. The van der Waals surface area contributed by atoms with Gasteiger partial charge in [-0.15, -0.1) is 0 Å². The van der Waals surface area contributed by atoms with Crippen LogP contribution in [0.15, 0.2) is 49.1 Å². The number of carbonyl (C=O) groups excluding carboxylic acids is 4. The third-order valence-corrected chi connectivity index (χ3v) is 7.85. The lowest BCUT2D eigenvalue weighted by Crippen LogP contribution is -2.62. The normalized spacial score (nSPS) is 18.5. The minimum atomic E-state index is -0.890. The topological polar surface area (TPSA) is 138 Å². The first-order chi connectivity index (χ1) is 21.3. The molecule has 0 bridgehead atoms. The van der Waals surface area contributed by atoms with Gasteiger partial charge in [-0.2, -0.15) is 0 Å². The van der Waals surface area contributed by atoms with E-state index in [0.717, 1.165) is 5.56 Å². The predicted molar refractivity (Wildman–Crippen MR) is 175 cm³/mol. The molecule has 1 aliphatic heterocycles. The number of hydrogen-bond acceptors (Lipinski definition) is 7. The van der Waals surface area contributed by atoms with Crippen LogP contribution in [0.4, 0.5) is 0 Å². The number of rotatable bonds is 16. The molecule has 0 radical (unpaired) electrons. The summed E-state index contributed by atoms with van der Waals surface area (Å²) in [6.45, 7) is 17.3. The fraction of sp³-hybridized carbons (Fsp3) is 0.588. The lowest BCUT2D eigenvalue weighted by atomic mass is 9.95. The molecule has 1 aromatic carbocycles. The molecule has 1 saturated heterocycles. The maximum absolute atomic E-state index is 13.4. The maximum atomic E-state index is 13.4.